The molecule has 1 aliphatic heterocycles. The smallest absolute Gasteiger partial charge is 0.252 e. The first-order chi connectivity index (χ1) is 8.04. The molecule has 1 spiro atoms. The molecule has 1 aliphatic carbocycles. The SMILES string of the molecule is CC1CC2(CCC2)CN1S(=O)(=O)c1cncs1. The molecule has 1 atom stereocenters. The van der Waals surface area contributed by atoms with Gasteiger partial charge in [0, 0.05) is 12.6 Å². The Kier molecular flexibility index (Phi) is 2.57. The molecule has 1 saturated heterocycles. The van der Waals surface area contributed by atoms with E-state index in [9.17, 15) is 8.42 Å². The standard InChI is InChI=1S/C11H16N2O2S2/c1-9-5-11(3-2-4-11)7-13(9)17(14,15)10-6-12-8-16-10/h6,8-9H,2-5,7H2,1H3. The van der Waals surface area contributed by atoms with Crippen molar-refractivity contribution in [1.82, 2.24) is 9.29 Å². The maximum Gasteiger partial charge on any atom is 0.254 e. The Morgan fingerprint density at radius 1 is 1.53 bits per heavy atom. The van der Waals surface area contributed by atoms with Crippen molar-refractivity contribution >= 4 is 21.4 Å². The maximum absolute atomic E-state index is 12.4. The third-order valence-corrected chi connectivity index (χ3v) is 7.30. The van der Waals surface area contributed by atoms with Gasteiger partial charge < -0.3 is 0 Å². The van der Waals surface area contributed by atoms with Gasteiger partial charge in [0.2, 0.25) is 0 Å². The Labute approximate surface area is 106 Å². The molecule has 4 nitrogen and oxygen atoms in total. The van der Waals surface area contributed by atoms with Crippen LogP contribution in [0.3, 0.4) is 0 Å². The topological polar surface area (TPSA) is 50.3 Å². The highest BCUT2D eigenvalue weighted by Crippen LogP contribution is 2.51. The van der Waals surface area contributed by atoms with E-state index in [4.69, 9.17) is 0 Å². The summed E-state index contributed by atoms with van der Waals surface area (Å²) in [5.41, 5.74) is 1.86. The van der Waals surface area contributed by atoms with Crippen molar-refractivity contribution < 1.29 is 8.42 Å². The van der Waals surface area contributed by atoms with Gasteiger partial charge in [-0.3, -0.25) is 4.98 Å². The van der Waals surface area contributed by atoms with Gasteiger partial charge in [-0.05, 0) is 31.6 Å². The normalized spacial score (nSPS) is 28.4. The van der Waals surface area contributed by atoms with Crippen LogP contribution in [0.5, 0.6) is 0 Å². The van der Waals surface area contributed by atoms with Crippen LogP contribution < -0.4 is 0 Å². The van der Waals surface area contributed by atoms with Crippen LogP contribution in [0.2, 0.25) is 0 Å². The highest BCUT2D eigenvalue weighted by molar-refractivity contribution is 7.91. The minimum absolute atomic E-state index is 0.127. The fraction of sp³-hybridized carbons (Fsp3) is 0.727. The summed E-state index contributed by atoms with van der Waals surface area (Å²) in [5, 5.41) is 0. The zero-order valence-corrected chi connectivity index (χ0v) is 11.4. The summed E-state index contributed by atoms with van der Waals surface area (Å²) in [6.07, 6.45) is 6.10. The second kappa shape index (κ2) is 3.76. The molecule has 0 aromatic carbocycles. The number of aromatic nitrogens is 1. The van der Waals surface area contributed by atoms with E-state index in [-0.39, 0.29) is 11.5 Å². The Bertz CT molecular complexity index is 506. The van der Waals surface area contributed by atoms with Crippen LogP contribution in [0, 0.1) is 5.41 Å². The summed E-state index contributed by atoms with van der Waals surface area (Å²) >= 11 is 1.20. The summed E-state index contributed by atoms with van der Waals surface area (Å²) in [6, 6.07) is 0.127. The molecule has 17 heavy (non-hydrogen) atoms. The third-order valence-electron chi connectivity index (χ3n) is 4.10. The van der Waals surface area contributed by atoms with Gasteiger partial charge >= 0.3 is 0 Å². The molecule has 94 valence electrons. The minimum atomic E-state index is -3.30. The maximum atomic E-state index is 12.4. The first kappa shape index (κ1) is 11.6. The average Bonchev–Trinajstić information content (AvgIpc) is 2.82. The fourth-order valence-corrected chi connectivity index (χ4v) is 5.75. The molecule has 1 aromatic heterocycles. The van der Waals surface area contributed by atoms with E-state index in [2.05, 4.69) is 4.98 Å². The summed E-state index contributed by atoms with van der Waals surface area (Å²) in [5.74, 6) is 0. The van der Waals surface area contributed by atoms with Gasteiger partial charge in [-0.1, -0.05) is 6.42 Å². The van der Waals surface area contributed by atoms with Gasteiger partial charge in [-0.2, -0.15) is 4.31 Å². The van der Waals surface area contributed by atoms with E-state index in [0.29, 0.717) is 10.8 Å². The second-order valence-electron chi connectivity index (χ2n) is 5.28. The lowest BCUT2D eigenvalue weighted by Crippen LogP contribution is -2.37. The summed E-state index contributed by atoms with van der Waals surface area (Å²) in [7, 11) is -3.30. The van der Waals surface area contributed by atoms with Crippen molar-refractivity contribution in [2.24, 2.45) is 5.41 Å². The Morgan fingerprint density at radius 3 is 2.76 bits per heavy atom. The molecule has 2 heterocycles. The lowest BCUT2D eigenvalue weighted by molar-refractivity contribution is 0.152. The van der Waals surface area contributed by atoms with Gasteiger partial charge in [0.05, 0.1) is 11.7 Å². The Balaban J connectivity index is 1.90. The van der Waals surface area contributed by atoms with Gasteiger partial charge in [0.1, 0.15) is 0 Å². The summed E-state index contributed by atoms with van der Waals surface area (Å²) < 4.78 is 26.9. The minimum Gasteiger partial charge on any atom is -0.252 e. The van der Waals surface area contributed by atoms with Crippen LogP contribution in [0.1, 0.15) is 32.6 Å². The van der Waals surface area contributed by atoms with Crippen molar-refractivity contribution in [3.05, 3.63) is 11.7 Å². The second-order valence-corrected chi connectivity index (χ2v) is 8.28. The van der Waals surface area contributed by atoms with Crippen LogP contribution >= 0.6 is 11.3 Å². The fourth-order valence-electron chi connectivity index (χ4n) is 3.09. The van der Waals surface area contributed by atoms with E-state index in [0.717, 1.165) is 6.42 Å². The van der Waals surface area contributed by atoms with E-state index in [1.54, 1.807) is 9.82 Å². The average molecular weight is 272 g/mol. The number of hydrogen-bond acceptors (Lipinski definition) is 4. The summed E-state index contributed by atoms with van der Waals surface area (Å²) in [4.78, 5) is 3.87. The van der Waals surface area contributed by atoms with Crippen LogP contribution in [-0.4, -0.2) is 30.3 Å². The van der Waals surface area contributed by atoms with E-state index in [1.807, 2.05) is 6.92 Å². The number of sulfonamides is 1. The van der Waals surface area contributed by atoms with Crippen molar-refractivity contribution in [2.45, 2.75) is 42.9 Å². The van der Waals surface area contributed by atoms with E-state index in [1.165, 1.54) is 36.8 Å². The van der Waals surface area contributed by atoms with Gasteiger partial charge in [-0.25, -0.2) is 8.42 Å². The van der Waals surface area contributed by atoms with Crippen molar-refractivity contribution in [2.75, 3.05) is 6.54 Å². The molecule has 6 heteroatoms. The van der Waals surface area contributed by atoms with E-state index < -0.39 is 10.0 Å². The first-order valence-corrected chi connectivity index (χ1v) is 8.26. The lowest BCUT2D eigenvalue weighted by atomic mass is 9.68. The predicted molar refractivity (Wildman–Crippen MR) is 66.4 cm³/mol. The molecular weight excluding hydrogens is 256 g/mol. The monoisotopic (exact) mass is 272 g/mol. The van der Waals surface area contributed by atoms with Crippen molar-refractivity contribution in [3.63, 3.8) is 0 Å². The quantitative estimate of drug-likeness (QED) is 0.828. The molecule has 0 radical (unpaired) electrons. The highest BCUT2D eigenvalue weighted by Gasteiger charge is 2.50. The lowest BCUT2D eigenvalue weighted by Gasteiger charge is -2.37. The van der Waals surface area contributed by atoms with Gasteiger partial charge in [-0.15, -0.1) is 11.3 Å². The molecule has 2 aliphatic rings. The number of rotatable bonds is 2. The number of thiazole rings is 1. The highest BCUT2D eigenvalue weighted by atomic mass is 32.2. The van der Waals surface area contributed by atoms with Crippen LogP contribution in [0.4, 0.5) is 0 Å². The zero-order chi connectivity index (χ0) is 12.1. The first-order valence-electron chi connectivity index (χ1n) is 5.94. The Morgan fingerprint density at radius 2 is 2.29 bits per heavy atom. The Hall–Kier alpha value is -0.460. The molecule has 2 fully saturated rings. The predicted octanol–water partition coefficient (Wildman–Crippen LogP) is 2.10. The summed E-state index contributed by atoms with van der Waals surface area (Å²) in [6.45, 7) is 2.72. The number of hydrogen-bond donors (Lipinski definition) is 0. The largest absolute Gasteiger partial charge is 0.254 e. The third kappa shape index (κ3) is 1.73. The molecule has 0 N–H and O–H groups in total. The molecular formula is C11H16N2O2S2. The molecule has 1 aromatic rings. The zero-order valence-electron chi connectivity index (χ0n) is 9.80. The molecule has 1 saturated carbocycles. The van der Waals surface area contributed by atoms with Crippen molar-refractivity contribution in [3.8, 4) is 0 Å². The van der Waals surface area contributed by atoms with Crippen LogP contribution in [0.15, 0.2) is 15.9 Å². The molecule has 0 bridgehead atoms. The molecule has 0 amide bonds. The van der Waals surface area contributed by atoms with E-state index >= 15 is 0 Å². The molecule has 1 unspecified atom stereocenters. The van der Waals surface area contributed by atoms with Gasteiger partial charge in [0.15, 0.2) is 4.21 Å². The van der Waals surface area contributed by atoms with Gasteiger partial charge in [0.25, 0.3) is 10.0 Å². The van der Waals surface area contributed by atoms with Crippen LogP contribution in [-0.2, 0) is 10.0 Å². The number of nitrogens with zero attached hydrogens (tertiary/aromatic N) is 2. The van der Waals surface area contributed by atoms with Crippen LogP contribution in [0.25, 0.3) is 0 Å². The van der Waals surface area contributed by atoms with Crippen molar-refractivity contribution in [1.29, 1.82) is 0 Å². The molecule has 3 rings (SSSR count).